The third-order valence-electron chi connectivity index (χ3n) is 3.57. The zero-order valence-corrected chi connectivity index (χ0v) is 14.6. The number of alkyl halides is 6. The molecule has 29 heavy (non-hydrogen) atoms. The van der Waals surface area contributed by atoms with Crippen molar-refractivity contribution in [2.45, 2.75) is 17.2 Å². The molecule has 3 rings (SSSR count). The minimum atomic E-state index is -4.96. The Kier molecular flexibility index (Phi) is 4.86. The van der Waals surface area contributed by atoms with Gasteiger partial charge in [0, 0.05) is 5.56 Å². The van der Waals surface area contributed by atoms with Crippen LogP contribution in [-0.4, -0.2) is 32.7 Å². The smallest absolute Gasteiger partial charge is 0.282 e. The predicted molar refractivity (Wildman–Crippen MR) is 84.4 cm³/mol. The molecule has 0 radical (unpaired) electrons. The Labute approximate surface area is 158 Å². The van der Waals surface area contributed by atoms with Gasteiger partial charge < -0.3 is 0 Å². The van der Waals surface area contributed by atoms with E-state index in [1.54, 1.807) is 0 Å². The summed E-state index contributed by atoms with van der Waals surface area (Å²) in [7, 11) is -4.60. The molecule has 2 aromatic heterocycles. The van der Waals surface area contributed by atoms with E-state index in [0.717, 1.165) is 24.3 Å². The lowest BCUT2D eigenvalue weighted by atomic mass is 10.1. The predicted octanol–water partition coefficient (Wildman–Crippen LogP) is 3.61. The number of aromatic nitrogens is 4. The van der Waals surface area contributed by atoms with Gasteiger partial charge in [0.05, 0.1) is 11.8 Å². The molecule has 0 aliphatic carbocycles. The maximum atomic E-state index is 13.0. The van der Waals surface area contributed by atoms with Crippen molar-refractivity contribution >= 4 is 10.1 Å². The second kappa shape index (κ2) is 6.81. The summed E-state index contributed by atoms with van der Waals surface area (Å²) in [4.78, 5) is 6.34. The van der Waals surface area contributed by atoms with Gasteiger partial charge in [-0.15, -0.1) is 5.10 Å². The number of hydrogen-bond acceptors (Lipinski definition) is 5. The molecule has 0 fully saturated rings. The zero-order chi connectivity index (χ0) is 21.6. The molecule has 0 bridgehead atoms. The fraction of sp³-hybridized carbons (Fsp3) is 0.133. The van der Waals surface area contributed by atoms with E-state index in [-0.39, 0.29) is 11.4 Å². The molecule has 7 nitrogen and oxygen atoms in total. The Bertz CT molecular complexity index is 1140. The lowest BCUT2D eigenvalue weighted by Crippen LogP contribution is -2.09. The number of halogens is 6. The van der Waals surface area contributed by atoms with E-state index in [2.05, 4.69) is 15.1 Å². The first-order valence-electron chi connectivity index (χ1n) is 7.42. The van der Waals surface area contributed by atoms with Gasteiger partial charge in [-0.3, -0.25) is 4.55 Å². The van der Waals surface area contributed by atoms with E-state index in [4.69, 9.17) is 4.55 Å². The number of nitrogens with zero attached hydrogens (tertiary/aromatic N) is 4. The Morgan fingerprint density at radius 2 is 1.52 bits per heavy atom. The average molecular weight is 438 g/mol. The highest BCUT2D eigenvalue weighted by molar-refractivity contribution is 7.85. The average Bonchev–Trinajstić information content (AvgIpc) is 3.06. The Balaban J connectivity index is 2.13. The van der Waals surface area contributed by atoms with E-state index < -0.39 is 44.6 Å². The van der Waals surface area contributed by atoms with Crippen molar-refractivity contribution in [3.63, 3.8) is 0 Å². The minimum absolute atomic E-state index is 0.123. The monoisotopic (exact) mass is 438 g/mol. The molecule has 2 heterocycles. The van der Waals surface area contributed by atoms with Crippen LogP contribution in [0.1, 0.15) is 11.4 Å². The van der Waals surface area contributed by atoms with Crippen LogP contribution in [-0.2, 0) is 22.5 Å². The normalized spacial score (nSPS) is 12.9. The molecule has 0 spiro atoms. The first kappa shape index (κ1) is 20.7. The first-order chi connectivity index (χ1) is 13.3. The van der Waals surface area contributed by atoms with Gasteiger partial charge in [0.15, 0.2) is 11.6 Å². The van der Waals surface area contributed by atoms with Gasteiger partial charge in [0.1, 0.15) is 4.90 Å². The van der Waals surface area contributed by atoms with Crippen LogP contribution in [0, 0.1) is 0 Å². The van der Waals surface area contributed by atoms with Crippen LogP contribution in [0.2, 0.25) is 0 Å². The summed E-state index contributed by atoms with van der Waals surface area (Å²) in [5.41, 5.74) is -1.14. The molecular weight excluding hydrogens is 430 g/mol. The van der Waals surface area contributed by atoms with E-state index >= 15 is 0 Å². The van der Waals surface area contributed by atoms with E-state index in [1.165, 1.54) is 0 Å². The van der Waals surface area contributed by atoms with E-state index in [0.29, 0.717) is 23.0 Å². The van der Waals surface area contributed by atoms with E-state index in [1.807, 2.05) is 0 Å². The van der Waals surface area contributed by atoms with Crippen LogP contribution in [0.3, 0.4) is 0 Å². The summed E-state index contributed by atoms with van der Waals surface area (Å²) in [5, 5.41) is 3.28. The molecule has 0 aliphatic rings. The van der Waals surface area contributed by atoms with Crippen molar-refractivity contribution in [3.05, 3.63) is 54.0 Å². The maximum absolute atomic E-state index is 13.0. The van der Waals surface area contributed by atoms with Crippen molar-refractivity contribution in [1.29, 1.82) is 0 Å². The number of benzene rings is 1. The van der Waals surface area contributed by atoms with Gasteiger partial charge in [0.25, 0.3) is 15.9 Å². The molecule has 3 aromatic rings. The molecule has 0 unspecified atom stereocenters. The van der Waals surface area contributed by atoms with Crippen LogP contribution in [0.25, 0.3) is 17.2 Å². The highest BCUT2D eigenvalue weighted by Gasteiger charge is 2.38. The van der Waals surface area contributed by atoms with Crippen molar-refractivity contribution in [1.82, 2.24) is 19.7 Å². The molecule has 0 saturated carbocycles. The molecule has 0 saturated heterocycles. The zero-order valence-electron chi connectivity index (χ0n) is 13.8. The van der Waals surface area contributed by atoms with Crippen LogP contribution in [0.4, 0.5) is 26.3 Å². The van der Waals surface area contributed by atoms with Crippen molar-refractivity contribution < 1.29 is 39.3 Å². The molecule has 154 valence electrons. The standard InChI is InChI=1S/C15H8F6N4O3S/c16-14(17,18)9-3-1-8(2-4-9)12-23-13(15(19,20)21)24-25(12)11-6-5-10(7-22-11)29(26,27)28/h1-7H,(H,26,27,28). The lowest BCUT2D eigenvalue weighted by molar-refractivity contribution is -0.144. The summed E-state index contributed by atoms with van der Waals surface area (Å²) in [5.74, 6) is -2.36. The van der Waals surface area contributed by atoms with Gasteiger partial charge >= 0.3 is 12.4 Å². The summed E-state index contributed by atoms with van der Waals surface area (Å²) in [6.07, 6.45) is -8.92. The largest absolute Gasteiger partial charge is 0.453 e. The third kappa shape index (κ3) is 4.37. The maximum Gasteiger partial charge on any atom is 0.453 e. The number of hydrogen-bond donors (Lipinski definition) is 1. The van der Waals surface area contributed by atoms with Crippen molar-refractivity contribution in [2.24, 2.45) is 0 Å². The molecular formula is C15H8F6N4O3S. The summed E-state index contributed by atoms with van der Waals surface area (Å²) in [6, 6.07) is 4.97. The van der Waals surface area contributed by atoms with Crippen LogP contribution in [0.5, 0.6) is 0 Å². The van der Waals surface area contributed by atoms with Crippen LogP contribution < -0.4 is 0 Å². The van der Waals surface area contributed by atoms with Crippen molar-refractivity contribution in [2.75, 3.05) is 0 Å². The van der Waals surface area contributed by atoms with Crippen molar-refractivity contribution in [3.8, 4) is 17.2 Å². The molecule has 0 aliphatic heterocycles. The molecule has 0 amide bonds. The first-order valence-corrected chi connectivity index (χ1v) is 8.86. The molecule has 1 N–H and O–H groups in total. The Hall–Kier alpha value is -3.00. The SMILES string of the molecule is O=S(=O)(O)c1ccc(-n2nc(C(F)(F)F)nc2-c2ccc(C(F)(F)F)cc2)nc1. The third-order valence-corrected chi connectivity index (χ3v) is 4.40. The highest BCUT2D eigenvalue weighted by Crippen LogP contribution is 2.33. The number of pyridine rings is 1. The Morgan fingerprint density at radius 1 is 0.897 bits per heavy atom. The quantitative estimate of drug-likeness (QED) is 0.496. The summed E-state index contributed by atoms with van der Waals surface area (Å²) in [6.45, 7) is 0. The molecule has 0 atom stereocenters. The molecule has 14 heteroatoms. The molecule has 1 aromatic carbocycles. The topological polar surface area (TPSA) is 98.0 Å². The van der Waals surface area contributed by atoms with Gasteiger partial charge in [-0.05, 0) is 24.3 Å². The second-order valence-electron chi connectivity index (χ2n) is 5.57. The minimum Gasteiger partial charge on any atom is -0.282 e. The van der Waals surface area contributed by atoms with E-state index in [9.17, 15) is 34.8 Å². The fourth-order valence-corrected chi connectivity index (χ4v) is 2.66. The number of rotatable bonds is 3. The van der Waals surface area contributed by atoms with Crippen LogP contribution >= 0.6 is 0 Å². The summed E-state index contributed by atoms with van der Waals surface area (Å²) >= 11 is 0. The highest BCUT2D eigenvalue weighted by atomic mass is 32.2. The fourth-order valence-electron chi connectivity index (χ4n) is 2.24. The summed E-state index contributed by atoms with van der Waals surface area (Å²) < 4.78 is 109. The van der Waals surface area contributed by atoms with Gasteiger partial charge in [-0.1, -0.05) is 12.1 Å². The van der Waals surface area contributed by atoms with Gasteiger partial charge in [0.2, 0.25) is 0 Å². The lowest BCUT2D eigenvalue weighted by Gasteiger charge is -2.08. The van der Waals surface area contributed by atoms with Gasteiger partial charge in [-0.2, -0.15) is 39.4 Å². The Morgan fingerprint density at radius 3 is 1.97 bits per heavy atom. The van der Waals surface area contributed by atoms with Gasteiger partial charge in [-0.25, -0.2) is 9.97 Å². The van der Waals surface area contributed by atoms with Crippen LogP contribution in [0.15, 0.2) is 47.5 Å². The second-order valence-corrected chi connectivity index (χ2v) is 6.99.